The van der Waals surface area contributed by atoms with E-state index in [0.717, 1.165) is 68.2 Å². The second-order valence-electron chi connectivity index (χ2n) is 7.68. The molecule has 5 rings (SSSR count). The summed E-state index contributed by atoms with van der Waals surface area (Å²) in [5.41, 5.74) is 2.23. The van der Waals surface area contributed by atoms with Gasteiger partial charge >= 0.3 is 0 Å². The van der Waals surface area contributed by atoms with Gasteiger partial charge in [0.05, 0.1) is 12.2 Å². The zero-order chi connectivity index (χ0) is 16.1. The first kappa shape index (κ1) is 14.4. The van der Waals surface area contributed by atoms with Crippen LogP contribution in [0.15, 0.2) is 17.2 Å². The largest absolute Gasteiger partial charge is 0.348 e. The molecule has 0 radical (unpaired) electrons. The molecule has 2 fully saturated rings. The molecule has 1 saturated heterocycles. The van der Waals surface area contributed by atoms with Crippen molar-refractivity contribution in [1.29, 1.82) is 0 Å². The number of aromatic amines is 2. The first-order chi connectivity index (χ1) is 11.7. The normalized spacial score (nSPS) is 26.8. The van der Waals surface area contributed by atoms with Gasteiger partial charge in [-0.1, -0.05) is 0 Å². The van der Waals surface area contributed by atoms with Gasteiger partial charge in [-0.2, -0.15) is 0 Å². The number of hydrogen-bond donors (Lipinski definition) is 2. The number of nitrogens with zero attached hydrogens (tertiary/aromatic N) is 3. The highest BCUT2D eigenvalue weighted by atomic mass is 16.1. The highest BCUT2D eigenvalue weighted by Gasteiger charge is 2.45. The molecule has 1 aliphatic heterocycles. The third-order valence-corrected chi connectivity index (χ3v) is 5.94. The molecule has 126 valence electrons. The summed E-state index contributed by atoms with van der Waals surface area (Å²) < 4.78 is 0. The molecule has 6 heteroatoms. The fraction of sp³-hybridized carbons (Fsp3) is 0.611. The van der Waals surface area contributed by atoms with Gasteiger partial charge in [0.1, 0.15) is 11.6 Å². The summed E-state index contributed by atoms with van der Waals surface area (Å²) in [5, 5.41) is 0. The van der Waals surface area contributed by atoms with Gasteiger partial charge in [0.15, 0.2) is 0 Å². The zero-order valence-corrected chi connectivity index (χ0v) is 13.8. The van der Waals surface area contributed by atoms with Crippen LogP contribution < -0.4 is 5.56 Å². The predicted molar refractivity (Wildman–Crippen MR) is 89.9 cm³/mol. The molecule has 2 N–H and O–H groups in total. The van der Waals surface area contributed by atoms with Crippen LogP contribution in [0.25, 0.3) is 0 Å². The monoisotopic (exact) mass is 325 g/mol. The van der Waals surface area contributed by atoms with Gasteiger partial charge in [-0.3, -0.25) is 9.69 Å². The lowest BCUT2D eigenvalue weighted by molar-refractivity contribution is 0.134. The summed E-state index contributed by atoms with van der Waals surface area (Å²) in [6.07, 6.45) is 10.3. The number of piperidine rings is 1. The Morgan fingerprint density at radius 1 is 1.33 bits per heavy atom. The topological polar surface area (TPSA) is 77.7 Å². The molecule has 0 aromatic carbocycles. The lowest BCUT2D eigenvalue weighted by Crippen LogP contribution is -2.45. The Morgan fingerprint density at radius 3 is 3.04 bits per heavy atom. The Labute approximate surface area is 140 Å². The van der Waals surface area contributed by atoms with E-state index in [0.29, 0.717) is 5.92 Å². The maximum Gasteiger partial charge on any atom is 0.254 e. The highest BCUT2D eigenvalue weighted by Crippen LogP contribution is 2.45. The van der Waals surface area contributed by atoms with Crippen molar-refractivity contribution < 1.29 is 0 Å². The van der Waals surface area contributed by atoms with Crippen molar-refractivity contribution in [2.24, 2.45) is 0 Å². The number of H-pyrrole nitrogens is 2. The van der Waals surface area contributed by atoms with Crippen molar-refractivity contribution in [2.75, 3.05) is 13.1 Å². The van der Waals surface area contributed by atoms with Crippen LogP contribution >= 0.6 is 0 Å². The Balaban J connectivity index is 1.47. The molecule has 0 amide bonds. The lowest BCUT2D eigenvalue weighted by atomic mass is 9.77. The fourth-order valence-electron chi connectivity index (χ4n) is 4.57. The Morgan fingerprint density at radius 2 is 2.25 bits per heavy atom. The van der Waals surface area contributed by atoms with Gasteiger partial charge in [0.2, 0.25) is 0 Å². The summed E-state index contributed by atoms with van der Waals surface area (Å²) in [6.45, 7) is 2.93. The average Bonchev–Trinajstić information content (AvgIpc) is 3.21. The van der Waals surface area contributed by atoms with Crippen LogP contribution in [0, 0.1) is 0 Å². The third kappa shape index (κ3) is 2.32. The Bertz CT molecular complexity index is 807. The molecule has 1 saturated carbocycles. The zero-order valence-electron chi connectivity index (χ0n) is 13.8. The Hall–Kier alpha value is -1.95. The number of fused-ring (bicyclic) bond motifs is 2. The molecule has 2 aromatic rings. The van der Waals surface area contributed by atoms with Gasteiger partial charge in [-0.25, -0.2) is 9.97 Å². The van der Waals surface area contributed by atoms with Crippen LogP contribution in [0.1, 0.15) is 60.9 Å². The van der Waals surface area contributed by atoms with Gasteiger partial charge in [0.25, 0.3) is 5.56 Å². The summed E-state index contributed by atoms with van der Waals surface area (Å²) >= 11 is 0. The molecule has 6 nitrogen and oxygen atoms in total. The van der Waals surface area contributed by atoms with E-state index >= 15 is 0 Å². The van der Waals surface area contributed by atoms with E-state index in [-0.39, 0.29) is 11.0 Å². The van der Waals surface area contributed by atoms with E-state index in [1.807, 2.05) is 12.4 Å². The molecule has 1 unspecified atom stereocenters. The van der Waals surface area contributed by atoms with Crippen LogP contribution in [0.2, 0.25) is 0 Å². The van der Waals surface area contributed by atoms with E-state index in [1.165, 1.54) is 12.8 Å². The molecule has 1 spiro atoms. The van der Waals surface area contributed by atoms with E-state index in [2.05, 4.69) is 19.9 Å². The minimum atomic E-state index is 0.0675. The minimum absolute atomic E-state index is 0.0675. The van der Waals surface area contributed by atoms with Crippen LogP contribution in [0.5, 0.6) is 0 Å². The Kier molecular flexibility index (Phi) is 3.16. The van der Waals surface area contributed by atoms with Crippen molar-refractivity contribution in [1.82, 2.24) is 24.8 Å². The van der Waals surface area contributed by atoms with Gasteiger partial charge in [-0.15, -0.1) is 0 Å². The number of rotatable bonds is 3. The van der Waals surface area contributed by atoms with Crippen molar-refractivity contribution in [3.63, 3.8) is 0 Å². The summed E-state index contributed by atoms with van der Waals surface area (Å²) in [5.74, 6) is 2.44. The molecular formula is C18H23N5O. The molecule has 3 aliphatic rings. The van der Waals surface area contributed by atoms with Crippen molar-refractivity contribution in [3.05, 3.63) is 45.7 Å². The quantitative estimate of drug-likeness (QED) is 0.903. The molecule has 2 aromatic heterocycles. The van der Waals surface area contributed by atoms with Crippen LogP contribution in [-0.4, -0.2) is 37.9 Å². The van der Waals surface area contributed by atoms with Crippen molar-refractivity contribution in [2.45, 2.75) is 56.4 Å². The SMILES string of the molecule is O=c1[nH]c(C2CC2)nc2c1CCC21CCCN(Cc2ncc[nH]2)C1. The molecule has 1 atom stereocenters. The van der Waals surface area contributed by atoms with E-state index < -0.39 is 0 Å². The average molecular weight is 325 g/mol. The summed E-state index contributed by atoms with van der Waals surface area (Å²) in [4.78, 5) is 30.6. The predicted octanol–water partition coefficient (Wildman–Crippen LogP) is 1.85. The molecular weight excluding hydrogens is 302 g/mol. The number of imidazole rings is 1. The van der Waals surface area contributed by atoms with Crippen molar-refractivity contribution >= 4 is 0 Å². The first-order valence-electron chi connectivity index (χ1n) is 9.08. The third-order valence-electron chi connectivity index (χ3n) is 5.94. The standard InChI is InChI=1S/C18H23N5O/c24-17-13-4-6-18(15(13)21-16(22-17)12-2-3-12)5-1-9-23(11-18)10-14-19-7-8-20-14/h7-8,12H,1-6,9-11H2,(H,19,20)(H,21,22,24). The van der Waals surface area contributed by atoms with Gasteiger partial charge < -0.3 is 9.97 Å². The lowest BCUT2D eigenvalue weighted by Gasteiger charge is -2.40. The molecule has 0 bridgehead atoms. The minimum Gasteiger partial charge on any atom is -0.348 e. The van der Waals surface area contributed by atoms with Crippen LogP contribution in [0.4, 0.5) is 0 Å². The fourth-order valence-corrected chi connectivity index (χ4v) is 4.57. The van der Waals surface area contributed by atoms with E-state index in [4.69, 9.17) is 4.98 Å². The van der Waals surface area contributed by atoms with E-state index in [9.17, 15) is 4.79 Å². The highest BCUT2D eigenvalue weighted by molar-refractivity contribution is 5.34. The van der Waals surface area contributed by atoms with E-state index in [1.54, 1.807) is 0 Å². The summed E-state index contributed by atoms with van der Waals surface area (Å²) in [7, 11) is 0. The number of aromatic nitrogens is 4. The van der Waals surface area contributed by atoms with Gasteiger partial charge in [-0.05, 0) is 45.1 Å². The number of likely N-dealkylation sites (tertiary alicyclic amines) is 1. The maximum atomic E-state index is 12.5. The second kappa shape index (κ2) is 5.28. The number of hydrogen-bond acceptors (Lipinski definition) is 4. The van der Waals surface area contributed by atoms with Crippen LogP contribution in [0.3, 0.4) is 0 Å². The second-order valence-corrected chi connectivity index (χ2v) is 7.68. The summed E-state index contributed by atoms with van der Waals surface area (Å²) in [6, 6.07) is 0. The maximum absolute atomic E-state index is 12.5. The molecule has 3 heterocycles. The van der Waals surface area contributed by atoms with Gasteiger partial charge in [0, 0.05) is 35.8 Å². The molecule has 24 heavy (non-hydrogen) atoms. The van der Waals surface area contributed by atoms with Crippen LogP contribution in [-0.2, 0) is 18.4 Å². The van der Waals surface area contributed by atoms with Crippen molar-refractivity contribution in [3.8, 4) is 0 Å². The number of nitrogens with one attached hydrogen (secondary N) is 2. The first-order valence-corrected chi connectivity index (χ1v) is 9.08. The smallest absolute Gasteiger partial charge is 0.254 e. The molecule has 2 aliphatic carbocycles.